The molecule has 0 saturated carbocycles. The van der Waals surface area contributed by atoms with E-state index >= 15 is 0 Å². The number of aryl methyl sites for hydroxylation is 1. The molecule has 0 aliphatic carbocycles. The zero-order chi connectivity index (χ0) is 30.0. The first-order chi connectivity index (χ1) is 20.1. The van der Waals surface area contributed by atoms with Gasteiger partial charge in [0.05, 0.1) is 29.6 Å². The highest BCUT2D eigenvalue weighted by molar-refractivity contribution is 7.93. The molecule has 0 bridgehead atoms. The second-order valence-electron chi connectivity index (χ2n) is 10.2. The van der Waals surface area contributed by atoms with Crippen LogP contribution < -0.4 is 19.7 Å². The van der Waals surface area contributed by atoms with Gasteiger partial charge in [0.1, 0.15) is 11.6 Å². The molecule has 3 heterocycles. The van der Waals surface area contributed by atoms with Gasteiger partial charge in [-0.25, -0.2) is 13.6 Å². The Morgan fingerprint density at radius 3 is 2.45 bits per heavy atom. The molecule has 42 heavy (non-hydrogen) atoms. The second-order valence-corrected chi connectivity index (χ2v) is 12.7. The van der Waals surface area contributed by atoms with E-state index in [0.29, 0.717) is 54.8 Å². The summed E-state index contributed by atoms with van der Waals surface area (Å²) < 4.78 is 29.8. The lowest BCUT2D eigenvalue weighted by Gasteiger charge is -2.35. The fourth-order valence-corrected chi connectivity index (χ4v) is 6.08. The molecular formula is C30H37N7O4S. The van der Waals surface area contributed by atoms with E-state index in [0.717, 1.165) is 34.0 Å². The lowest BCUT2D eigenvalue weighted by molar-refractivity contribution is -0.129. The van der Waals surface area contributed by atoms with Gasteiger partial charge < -0.3 is 24.6 Å². The van der Waals surface area contributed by atoms with Crippen molar-refractivity contribution in [2.45, 2.75) is 25.3 Å². The number of ether oxygens (including phenoxy) is 2. The highest BCUT2D eigenvalue weighted by atomic mass is 32.2. The summed E-state index contributed by atoms with van der Waals surface area (Å²) in [4.78, 5) is 21.8. The predicted octanol–water partition coefficient (Wildman–Crippen LogP) is 4.09. The van der Waals surface area contributed by atoms with Gasteiger partial charge in [-0.15, -0.1) is 0 Å². The highest BCUT2D eigenvalue weighted by Crippen LogP contribution is 2.36. The Balaban J connectivity index is 1.58. The van der Waals surface area contributed by atoms with E-state index in [-0.39, 0.29) is 5.91 Å². The van der Waals surface area contributed by atoms with Gasteiger partial charge in [0.25, 0.3) is 0 Å². The number of fused-ring (bicyclic) bond motifs is 1. The fraction of sp³-hybridized carbons (Fsp3) is 0.367. The molecule has 1 atom stereocenters. The lowest BCUT2D eigenvalue weighted by Crippen LogP contribution is -2.48. The van der Waals surface area contributed by atoms with Crippen LogP contribution in [0, 0.1) is 6.92 Å². The summed E-state index contributed by atoms with van der Waals surface area (Å²) in [5.41, 5.74) is 4.28. The largest absolute Gasteiger partial charge is 0.493 e. The van der Waals surface area contributed by atoms with Crippen molar-refractivity contribution in [3.8, 4) is 22.6 Å². The van der Waals surface area contributed by atoms with Gasteiger partial charge in [-0.05, 0) is 42.3 Å². The number of aromatic nitrogens is 3. The number of methoxy groups -OCH3 is 2. The number of nitrogens with zero attached hydrogens (tertiary/aromatic N) is 6. The molecule has 5 rings (SSSR count). The van der Waals surface area contributed by atoms with Crippen LogP contribution in [0.1, 0.15) is 18.2 Å². The predicted molar refractivity (Wildman–Crippen MR) is 165 cm³/mol. The minimum Gasteiger partial charge on any atom is -0.493 e. The van der Waals surface area contributed by atoms with Crippen LogP contribution in [0.4, 0.5) is 11.6 Å². The molecule has 4 aromatic rings. The maximum absolute atomic E-state index is 12.8. The number of benzene rings is 2. The fourth-order valence-electron chi connectivity index (χ4n) is 5.17. The van der Waals surface area contributed by atoms with Crippen molar-refractivity contribution in [1.82, 2.24) is 19.5 Å². The molecule has 2 aromatic carbocycles. The maximum atomic E-state index is 12.8. The first-order valence-corrected chi connectivity index (χ1v) is 15.6. The van der Waals surface area contributed by atoms with Crippen molar-refractivity contribution >= 4 is 32.9 Å². The van der Waals surface area contributed by atoms with Gasteiger partial charge in [0, 0.05) is 69.5 Å². The number of nitrogens with one attached hydrogen (secondary N) is 1. The number of hydrogen-bond acceptors (Lipinski definition) is 9. The Labute approximate surface area is 246 Å². The molecule has 0 spiro atoms. The van der Waals surface area contributed by atoms with Crippen LogP contribution in [0.25, 0.3) is 16.8 Å². The normalized spacial score (nSPS) is 14.9. The summed E-state index contributed by atoms with van der Waals surface area (Å²) in [6.07, 6.45) is 1.65. The van der Waals surface area contributed by atoms with E-state index in [1.54, 1.807) is 34.4 Å². The quantitative estimate of drug-likeness (QED) is 0.326. The zero-order valence-electron chi connectivity index (χ0n) is 24.9. The minimum absolute atomic E-state index is 0.0803. The third-order valence-electron chi connectivity index (χ3n) is 7.63. The van der Waals surface area contributed by atoms with Crippen LogP contribution in [0.2, 0.25) is 0 Å². The van der Waals surface area contributed by atoms with E-state index in [9.17, 15) is 9.00 Å². The molecule has 1 fully saturated rings. The summed E-state index contributed by atoms with van der Waals surface area (Å²) in [7, 11) is 2.36. The zero-order valence-corrected chi connectivity index (χ0v) is 25.7. The number of rotatable bonds is 8. The molecule has 1 N–H and O–H groups in total. The van der Waals surface area contributed by atoms with Gasteiger partial charge in [-0.2, -0.15) is 9.61 Å². The maximum Gasteiger partial charge on any atom is 0.219 e. The van der Waals surface area contributed by atoms with Crippen LogP contribution in [0.3, 0.4) is 0 Å². The van der Waals surface area contributed by atoms with Crippen molar-refractivity contribution in [2.75, 3.05) is 63.9 Å². The van der Waals surface area contributed by atoms with Crippen LogP contribution in [0.5, 0.6) is 11.5 Å². The second kappa shape index (κ2) is 11.9. The molecular weight excluding hydrogens is 554 g/mol. The molecule has 1 amide bonds. The van der Waals surface area contributed by atoms with E-state index in [1.165, 1.54) is 0 Å². The minimum atomic E-state index is -2.45. The summed E-state index contributed by atoms with van der Waals surface area (Å²) in [6, 6.07) is 15.4. The third kappa shape index (κ3) is 5.71. The topological polar surface area (TPSA) is 114 Å². The van der Waals surface area contributed by atoms with Crippen LogP contribution >= 0.6 is 0 Å². The SMILES string of the molecule is CN=S(C)(=O)c1cccc(CNc2cc(N3CCN(C(C)=O)CC3)nc3c(-c4ccc(OC)c(OC)c4)c(C)nn23)c1. The Morgan fingerprint density at radius 1 is 1.05 bits per heavy atom. The van der Waals surface area contributed by atoms with E-state index in [1.807, 2.05) is 64.9 Å². The third-order valence-corrected chi connectivity index (χ3v) is 9.45. The van der Waals surface area contributed by atoms with Crippen LogP contribution in [0.15, 0.2) is 57.8 Å². The Morgan fingerprint density at radius 2 is 1.79 bits per heavy atom. The number of piperazine rings is 1. The molecule has 0 radical (unpaired) electrons. The number of carbonyl (C=O) groups is 1. The summed E-state index contributed by atoms with van der Waals surface area (Å²) >= 11 is 0. The van der Waals surface area contributed by atoms with Gasteiger partial charge in [0.15, 0.2) is 17.1 Å². The molecule has 1 unspecified atom stereocenters. The van der Waals surface area contributed by atoms with Crippen molar-refractivity contribution in [3.05, 3.63) is 59.8 Å². The molecule has 1 aliphatic rings. The molecule has 11 nitrogen and oxygen atoms in total. The highest BCUT2D eigenvalue weighted by Gasteiger charge is 2.23. The smallest absolute Gasteiger partial charge is 0.219 e. The van der Waals surface area contributed by atoms with Gasteiger partial charge in [-0.3, -0.25) is 4.79 Å². The van der Waals surface area contributed by atoms with Crippen molar-refractivity contribution in [1.29, 1.82) is 0 Å². The molecule has 222 valence electrons. The molecule has 2 aromatic heterocycles. The standard InChI is InChI=1S/C30H37N7O4S/c1-20-29(23-10-11-25(40-4)26(17-23)41-5)30-33-28(36-14-12-35(13-15-36)21(2)38)18-27(37(30)34-20)32-19-22-8-7-9-24(16-22)42(6,39)31-3/h7-11,16-18,32H,12-15,19H2,1-6H3. The van der Waals surface area contributed by atoms with Gasteiger partial charge in [0.2, 0.25) is 5.91 Å². The van der Waals surface area contributed by atoms with Crippen molar-refractivity contribution < 1.29 is 18.5 Å². The Hall–Kier alpha value is -4.32. The molecule has 12 heteroatoms. The number of hydrogen-bond donors (Lipinski definition) is 1. The van der Waals surface area contributed by atoms with E-state index in [4.69, 9.17) is 19.6 Å². The number of amides is 1. The first-order valence-electron chi connectivity index (χ1n) is 13.7. The van der Waals surface area contributed by atoms with E-state index < -0.39 is 9.73 Å². The number of carbonyl (C=O) groups excluding carboxylic acids is 1. The lowest BCUT2D eigenvalue weighted by atomic mass is 10.1. The number of anilines is 2. The Kier molecular flexibility index (Phi) is 8.26. The Bertz CT molecular complexity index is 1750. The van der Waals surface area contributed by atoms with Gasteiger partial charge in [-0.1, -0.05) is 18.2 Å². The van der Waals surface area contributed by atoms with Crippen LogP contribution in [-0.2, 0) is 21.1 Å². The average Bonchev–Trinajstić information content (AvgIpc) is 3.35. The summed E-state index contributed by atoms with van der Waals surface area (Å²) in [6.45, 7) is 6.67. The first kappa shape index (κ1) is 29.2. The summed E-state index contributed by atoms with van der Waals surface area (Å²) in [5.74, 6) is 2.90. The average molecular weight is 592 g/mol. The van der Waals surface area contributed by atoms with Crippen molar-refractivity contribution in [2.24, 2.45) is 4.36 Å². The molecule has 1 aliphatic heterocycles. The van der Waals surface area contributed by atoms with E-state index in [2.05, 4.69) is 14.6 Å². The van der Waals surface area contributed by atoms with Gasteiger partial charge >= 0.3 is 0 Å². The van der Waals surface area contributed by atoms with Crippen LogP contribution in [-0.4, -0.2) is 83.3 Å². The summed E-state index contributed by atoms with van der Waals surface area (Å²) in [5, 5.41) is 8.42. The van der Waals surface area contributed by atoms with Crippen molar-refractivity contribution in [3.63, 3.8) is 0 Å². The molecule has 1 saturated heterocycles. The monoisotopic (exact) mass is 591 g/mol.